The lowest BCUT2D eigenvalue weighted by Crippen LogP contribution is -2.37. The summed E-state index contributed by atoms with van der Waals surface area (Å²) < 4.78 is 0. The zero-order valence-corrected chi connectivity index (χ0v) is 42.2. The van der Waals surface area contributed by atoms with Crippen LogP contribution >= 0.6 is 0 Å². The van der Waals surface area contributed by atoms with Gasteiger partial charge in [-0.2, -0.15) is 0 Å². The highest BCUT2D eigenvalue weighted by molar-refractivity contribution is 6.89. The summed E-state index contributed by atoms with van der Waals surface area (Å²) in [7, 11) is -2.80. The fourth-order valence-electron chi connectivity index (χ4n) is 10.2. The molecule has 0 bridgehead atoms. The van der Waals surface area contributed by atoms with Gasteiger partial charge in [-0.25, -0.2) is 15.0 Å². The summed E-state index contributed by atoms with van der Waals surface area (Å²) >= 11 is 0. The van der Waals surface area contributed by atoms with Gasteiger partial charge in [-0.15, -0.1) is 0 Å². The van der Waals surface area contributed by atoms with Gasteiger partial charge in [-0.05, 0) is 78.9 Å². The Balaban J connectivity index is 1.01. The van der Waals surface area contributed by atoms with Crippen molar-refractivity contribution >= 4 is 26.5 Å². The van der Waals surface area contributed by atoms with E-state index in [0.717, 1.165) is 38.9 Å². The maximum Gasteiger partial charge on any atom is 0.164 e. The molecule has 9 aromatic carbocycles. The molecule has 0 unspecified atom stereocenters. The van der Waals surface area contributed by atoms with E-state index < -0.39 is 21.6 Å². The monoisotopic (exact) mass is 921 g/mol. The second kappa shape index (κ2) is 17.5. The molecule has 0 fully saturated rings. The van der Waals surface area contributed by atoms with Gasteiger partial charge in [0.15, 0.2) is 17.5 Å². The number of rotatable bonds is 10. The predicted molar refractivity (Wildman–Crippen MR) is 296 cm³/mol. The standard InChI is InChI=1S/C64H55N3Si2/c1-68(2,3)55-37-32-46(33-38-55)44-24-28-48(29-25-44)61-65-62(49-30-26-45(27-31-49)47-34-39-56(40-35-47)69(4,5)6)67-63(66-61)52-17-15-16-50(42-52)51-36-41-58-57-22-13-14-23-59(57)64(60(58)43-51,53-18-9-7-10-19-53)54-20-11-8-12-21-54/h7-43H,1-6H3. The molecule has 0 radical (unpaired) electrons. The number of hydrogen-bond acceptors (Lipinski definition) is 3. The van der Waals surface area contributed by atoms with Crippen LogP contribution in [0.15, 0.2) is 224 Å². The van der Waals surface area contributed by atoms with Crippen molar-refractivity contribution in [3.05, 3.63) is 247 Å². The van der Waals surface area contributed by atoms with Crippen molar-refractivity contribution in [2.24, 2.45) is 0 Å². The number of aromatic nitrogens is 3. The lowest BCUT2D eigenvalue weighted by Gasteiger charge is -2.34. The minimum Gasteiger partial charge on any atom is -0.208 e. The quantitative estimate of drug-likeness (QED) is 0.128. The van der Waals surface area contributed by atoms with Gasteiger partial charge in [-0.1, -0.05) is 262 Å². The zero-order valence-electron chi connectivity index (χ0n) is 40.2. The van der Waals surface area contributed by atoms with E-state index in [1.165, 1.54) is 54.9 Å². The van der Waals surface area contributed by atoms with Gasteiger partial charge in [0.2, 0.25) is 0 Å². The summed E-state index contributed by atoms with van der Waals surface area (Å²) in [5.41, 5.74) is 16.9. The van der Waals surface area contributed by atoms with Crippen LogP contribution in [0, 0.1) is 0 Å². The Morgan fingerprint density at radius 3 is 1.12 bits per heavy atom. The Hall–Kier alpha value is -7.58. The van der Waals surface area contributed by atoms with Crippen molar-refractivity contribution < 1.29 is 0 Å². The summed E-state index contributed by atoms with van der Waals surface area (Å²) in [5, 5.41) is 2.92. The molecule has 1 heterocycles. The highest BCUT2D eigenvalue weighted by Crippen LogP contribution is 2.56. The van der Waals surface area contributed by atoms with Gasteiger partial charge in [0.05, 0.1) is 21.6 Å². The molecular formula is C64H55N3Si2. The van der Waals surface area contributed by atoms with Gasteiger partial charge in [-0.3, -0.25) is 0 Å². The van der Waals surface area contributed by atoms with Crippen LogP contribution in [-0.4, -0.2) is 31.1 Å². The van der Waals surface area contributed by atoms with E-state index in [1.807, 2.05) is 0 Å². The van der Waals surface area contributed by atoms with Crippen LogP contribution in [0.5, 0.6) is 0 Å². The van der Waals surface area contributed by atoms with Crippen molar-refractivity contribution in [1.29, 1.82) is 0 Å². The summed E-state index contributed by atoms with van der Waals surface area (Å²) in [6, 6.07) is 82.1. The highest BCUT2D eigenvalue weighted by Gasteiger charge is 2.46. The van der Waals surface area contributed by atoms with Gasteiger partial charge in [0.25, 0.3) is 0 Å². The van der Waals surface area contributed by atoms with Gasteiger partial charge in [0, 0.05) is 16.7 Å². The molecule has 1 aliphatic carbocycles. The Morgan fingerprint density at radius 1 is 0.275 bits per heavy atom. The molecule has 0 saturated carbocycles. The van der Waals surface area contributed by atoms with Crippen LogP contribution in [0.25, 0.3) is 78.7 Å². The molecule has 0 atom stereocenters. The Morgan fingerprint density at radius 2 is 0.638 bits per heavy atom. The van der Waals surface area contributed by atoms with Crippen LogP contribution < -0.4 is 10.4 Å². The molecule has 11 rings (SSSR count). The maximum absolute atomic E-state index is 5.24. The van der Waals surface area contributed by atoms with Crippen LogP contribution in [0.3, 0.4) is 0 Å². The minimum atomic E-state index is -1.40. The predicted octanol–water partition coefficient (Wildman–Crippen LogP) is 15.3. The van der Waals surface area contributed by atoms with Gasteiger partial charge < -0.3 is 0 Å². The molecule has 0 aliphatic heterocycles. The van der Waals surface area contributed by atoms with Gasteiger partial charge in [0.1, 0.15) is 0 Å². The lowest BCUT2D eigenvalue weighted by molar-refractivity contribution is 0.769. The molecule has 69 heavy (non-hydrogen) atoms. The topological polar surface area (TPSA) is 38.7 Å². The average molecular weight is 922 g/mol. The van der Waals surface area contributed by atoms with Crippen LogP contribution in [0.2, 0.25) is 39.3 Å². The Bertz CT molecular complexity index is 3300. The fourth-order valence-corrected chi connectivity index (χ4v) is 12.5. The molecule has 0 spiro atoms. The lowest BCUT2D eigenvalue weighted by atomic mass is 9.67. The SMILES string of the molecule is C[Si](C)(C)c1ccc(-c2ccc(-c3nc(-c4ccc(-c5ccc([Si](C)(C)C)cc5)cc4)nc(-c4cccc(-c5ccc6c(c5)C(c5ccccc5)(c5ccccc5)c5ccccc5-6)c4)n3)cc2)cc1. The summed E-state index contributed by atoms with van der Waals surface area (Å²) in [6.07, 6.45) is 0. The molecule has 3 nitrogen and oxygen atoms in total. The molecule has 0 amide bonds. The number of hydrogen-bond donors (Lipinski definition) is 0. The Kier molecular flexibility index (Phi) is 11.1. The van der Waals surface area contributed by atoms with E-state index in [9.17, 15) is 0 Å². The molecule has 0 N–H and O–H groups in total. The van der Waals surface area contributed by atoms with E-state index >= 15 is 0 Å². The first kappa shape index (κ1) is 44.0. The first-order valence-electron chi connectivity index (χ1n) is 24.1. The molecular weight excluding hydrogens is 867 g/mol. The van der Waals surface area contributed by atoms with Crippen molar-refractivity contribution in [1.82, 2.24) is 15.0 Å². The summed E-state index contributed by atoms with van der Waals surface area (Å²) in [6.45, 7) is 14.3. The minimum absolute atomic E-state index is 0.486. The summed E-state index contributed by atoms with van der Waals surface area (Å²) in [5.74, 6) is 1.90. The third-order valence-corrected chi connectivity index (χ3v) is 18.1. The molecule has 0 saturated heterocycles. The van der Waals surface area contributed by atoms with E-state index in [0.29, 0.717) is 17.5 Å². The first-order valence-corrected chi connectivity index (χ1v) is 31.1. The highest BCUT2D eigenvalue weighted by atomic mass is 28.3. The van der Waals surface area contributed by atoms with Crippen molar-refractivity contribution in [2.75, 3.05) is 0 Å². The van der Waals surface area contributed by atoms with E-state index in [1.54, 1.807) is 0 Å². The largest absolute Gasteiger partial charge is 0.208 e. The van der Waals surface area contributed by atoms with Crippen LogP contribution in [0.4, 0.5) is 0 Å². The fraction of sp³-hybridized carbons (Fsp3) is 0.109. The molecule has 5 heteroatoms. The molecule has 1 aromatic heterocycles. The third-order valence-electron chi connectivity index (χ3n) is 14.0. The number of benzene rings is 9. The van der Waals surface area contributed by atoms with Crippen LogP contribution in [-0.2, 0) is 5.41 Å². The van der Waals surface area contributed by atoms with Crippen LogP contribution in [0.1, 0.15) is 22.3 Å². The van der Waals surface area contributed by atoms with E-state index in [-0.39, 0.29) is 0 Å². The van der Waals surface area contributed by atoms with Crippen molar-refractivity contribution in [3.8, 4) is 78.7 Å². The van der Waals surface area contributed by atoms with Crippen molar-refractivity contribution in [3.63, 3.8) is 0 Å². The first-order chi connectivity index (χ1) is 33.4. The molecule has 1 aliphatic rings. The van der Waals surface area contributed by atoms with E-state index in [2.05, 4.69) is 264 Å². The summed E-state index contributed by atoms with van der Waals surface area (Å²) in [4.78, 5) is 15.7. The number of nitrogens with zero attached hydrogens (tertiary/aromatic N) is 3. The molecule has 10 aromatic rings. The van der Waals surface area contributed by atoms with E-state index in [4.69, 9.17) is 15.0 Å². The Labute approximate surface area is 409 Å². The average Bonchev–Trinajstić information content (AvgIpc) is 3.69. The maximum atomic E-state index is 5.24. The van der Waals surface area contributed by atoms with Gasteiger partial charge >= 0.3 is 0 Å². The second-order valence-corrected chi connectivity index (χ2v) is 30.6. The zero-order chi connectivity index (χ0) is 47.3. The third kappa shape index (κ3) is 8.22. The normalized spacial score (nSPS) is 12.9. The van der Waals surface area contributed by atoms with Crippen molar-refractivity contribution in [2.45, 2.75) is 44.7 Å². The molecule has 334 valence electrons. The smallest absolute Gasteiger partial charge is 0.164 e. The number of fused-ring (bicyclic) bond motifs is 3. The second-order valence-electron chi connectivity index (χ2n) is 20.5.